The van der Waals surface area contributed by atoms with Crippen LogP contribution in [0.2, 0.25) is 0 Å². The van der Waals surface area contributed by atoms with Crippen molar-refractivity contribution in [2.45, 2.75) is 26.3 Å². The van der Waals surface area contributed by atoms with E-state index in [4.69, 9.17) is 0 Å². The minimum Gasteiger partial charge on any atom is -0.372 e. The summed E-state index contributed by atoms with van der Waals surface area (Å²) >= 11 is 0. The molecule has 146 valence electrons. The number of nitrogens with zero attached hydrogens (tertiary/aromatic N) is 2. The number of nitrogens with one attached hydrogen (secondary N) is 1. The van der Waals surface area contributed by atoms with E-state index in [0.717, 1.165) is 25.1 Å². The van der Waals surface area contributed by atoms with Crippen LogP contribution in [0.3, 0.4) is 0 Å². The van der Waals surface area contributed by atoms with Gasteiger partial charge in [0.15, 0.2) is 0 Å². The number of fused-ring (bicyclic) bond motifs is 1. The number of para-hydroxylation sites is 1. The van der Waals surface area contributed by atoms with Crippen LogP contribution in [0.4, 0.5) is 5.69 Å². The molecule has 5 heteroatoms. The number of hydrogen-bond acceptors (Lipinski definition) is 3. The summed E-state index contributed by atoms with van der Waals surface area (Å²) in [6.45, 7) is 10.2. The van der Waals surface area contributed by atoms with Crippen molar-refractivity contribution in [3.63, 3.8) is 0 Å². The fourth-order valence-electron chi connectivity index (χ4n) is 3.57. The summed E-state index contributed by atoms with van der Waals surface area (Å²) in [5, 5.41) is 2.96. The molecule has 1 unspecified atom stereocenters. The number of hydrogen-bond donors (Lipinski definition) is 1. The first-order chi connectivity index (χ1) is 13.5. The van der Waals surface area contributed by atoms with Gasteiger partial charge in [-0.15, -0.1) is 0 Å². The Hall–Kier alpha value is -3.08. The van der Waals surface area contributed by atoms with Crippen molar-refractivity contribution in [2.75, 3.05) is 24.5 Å². The SMILES string of the molecule is C=C1c2ccccc2C(=O)N1C(C)C(=O)NCCCN(CC)c1ccccc1. The van der Waals surface area contributed by atoms with Crippen molar-refractivity contribution in [2.24, 2.45) is 0 Å². The van der Waals surface area contributed by atoms with Gasteiger partial charge in [0.2, 0.25) is 5.91 Å². The molecule has 3 rings (SSSR count). The van der Waals surface area contributed by atoms with Crippen LogP contribution >= 0.6 is 0 Å². The molecule has 0 saturated heterocycles. The van der Waals surface area contributed by atoms with E-state index in [9.17, 15) is 9.59 Å². The Morgan fingerprint density at radius 3 is 2.39 bits per heavy atom. The third kappa shape index (κ3) is 3.93. The second-order valence-electron chi connectivity index (χ2n) is 6.90. The average molecular weight is 377 g/mol. The maximum Gasteiger partial charge on any atom is 0.259 e. The topological polar surface area (TPSA) is 52.7 Å². The van der Waals surface area contributed by atoms with E-state index >= 15 is 0 Å². The zero-order valence-electron chi connectivity index (χ0n) is 16.5. The lowest BCUT2D eigenvalue weighted by Gasteiger charge is -2.25. The fourth-order valence-corrected chi connectivity index (χ4v) is 3.57. The van der Waals surface area contributed by atoms with Crippen molar-refractivity contribution in [1.82, 2.24) is 10.2 Å². The molecule has 0 saturated carbocycles. The highest BCUT2D eigenvalue weighted by atomic mass is 16.2. The summed E-state index contributed by atoms with van der Waals surface area (Å²) < 4.78 is 0. The summed E-state index contributed by atoms with van der Waals surface area (Å²) in [4.78, 5) is 29.0. The second kappa shape index (κ2) is 8.74. The molecule has 0 fully saturated rings. The molecule has 1 aliphatic rings. The molecule has 28 heavy (non-hydrogen) atoms. The molecule has 0 radical (unpaired) electrons. The third-order valence-electron chi connectivity index (χ3n) is 5.15. The minimum atomic E-state index is -0.594. The Labute approximate surface area is 166 Å². The zero-order valence-corrected chi connectivity index (χ0v) is 16.5. The zero-order chi connectivity index (χ0) is 20.1. The van der Waals surface area contributed by atoms with Gasteiger partial charge in [-0.3, -0.25) is 14.5 Å². The summed E-state index contributed by atoms with van der Waals surface area (Å²) in [5.41, 5.74) is 3.17. The molecule has 1 N–H and O–H groups in total. The second-order valence-corrected chi connectivity index (χ2v) is 6.90. The highest BCUT2D eigenvalue weighted by Gasteiger charge is 2.36. The first-order valence-corrected chi connectivity index (χ1v) is 9.74. The molecule has 2 aromatic carbocycles. The van der Waals surface area contributed by atoms with Gasteiger partial charge in [0.05, 0.1) is 0 Å². The van der Waals surface area contributed by atoms with E-state index in [-0.39, 0.29) is 11.8 Å². The molecular weight excluding hydrogens is 350 g/mol. The first-order valence-electron chi connectivity index (χ1n) is 9.74. The van der Waals surface area contributed by atoms with Crippen LogP contribution in [0.1, 0.15) is 36.2 Å². The summed E-state index contributed by atoms with van der Waals surface area (Å²) in [6, 6.07) is 17.0. The highest BCUT2D eigenvalue weighted by molar-refractivity contribution is 6.10. The highest BCUT2D eigenvalue weighted by Crippen LogP contribution is 2.32. The molecule has 0 bridgehead atoms. The van der Waals surface area contributed by atoms with E-state index in [1.54, 1.807) is 13.0 Å². The van der Waals surface area contributed by atoms with Crippen LogP contribution in [-0.4, -0.2) is 42.4 Å². The molecule has 2 amide bonds. The molecule has 1 heterocycles. The monoisotopic (exact) mass is 377 g/mol. The van der Waals surface area contributed by atoms with Crippen molar-refractivity contribution >= 4 is 23.2 Å². The number of amides is 2. The lowest BCUT2D eigenvalue weighted by molar-refractivity contribution is -0.124. The van der Waals surface area contributed by atoms with Crippen LogP contribution in [0.5, 0.6) is 0 Å². The lowest BCUT2D eigenvalue weighted by atomic mass is 10.1. The van der Waals surface area contributed by atoms with Crippen LogP contribution < -0.4 is 10.2 Å². The molecule has 0 spiro atoms. The predicted octanol–water partition coefficient (Wildman–Crippen LogP) is 3.53. The number of carbonyl (C=O) groups excluding carboxylic acids is 2. The predicted molar refractivity (Wildman–Crippen MR) is 113 cm³/mol. The van der Waals surface area contributed by atoms with Gasteiger partial charge < -0.3 is 10.2 Å². The summed E-state index contributed by atoms with van der Waals surface area (Å²) in [7, 11) is 0. The Balaban J connectivity index is 1.51. The Bertz CT molecular complexity index is 828. The molecule has 0 aliphatic carbocycles. The number of rotatable bonds is 8. The van der Waals surface area contributed by atoms with Gasteiger partial charge >= 0.3 is 0 Å². The van der Waals surface area contributed by atoms with Gasteiger partial charge in [0.25, 0.3) is 5.91 Å². The molecular formula is C23H27N3O2. The quantitative estimate of drug-likeness (QED) is 0.716. The Morgan fingerprint density at radius 2 is 1.75 bits per heavy atom. The first kappa shape index (κ1) is 19.7. The number of anilines is 1. The van der Waals surface area contributed by atoms with E-state index in [1.807, 2.05) is 36.4 Å². The maximum atomic E-state index is 12.6. The van der Waals surface area contributed by atoms with E-state index in [0.29, 0.717) is 17.8 Å². The smallest absolute Gasteiger partial charge is 0.259 e. The van der Waals surface area contributed by atoms with E-state index < -0.39 is 6.04 Å². The largest absolute Gasteiger partial charge is 0.372 e. The molecule has 0 aromatic heterocycles. The number of benzene rings is 2. The Kier molecular flexibility index (Phi) is 6.14. The van der Waals surface area contributed by atoms with Crippen LogP contribution in [0.25, 0.3) is 5.70 Å². The average Bonchev–Trinajstić information content (AvgIpc) is 2.98. The van der Waals surface area contributed by atoms with Gasteiger partial charge in [0, 0.05) is 42.1 Å². The normalized spacial score (nSPS) is 14.0. The van der Waals surface area contributed by atoms with Crippen LogP contribution in [0.15, 0.2) is 61.2 Å². The number of carbonyl (C=O) groups is 2. The van der Waals surface area contributed by atoms with Gasteiger partial charge in [-0.2, -0.15) is 0 Å². The van der Waals surface area contributed by atoms with Crippen molar-refractivity contribution < 1.29 is 9.59 Å². The molecule has 1 atom stereocenters. The Morgan fingerprint density at radius 1 is 1.11 bits per heavy atom. The van der Waals surface area contributed by atoms with E-state index in [2.05, 4.69) is 35.9 Å². The third-order valence-corrected chi connectivity index (χ3v) is 5.15. The van der Waals surface area contributed by atoms with Crippen molar-refractivity contribution in [1.29, 1.82) is 0 Å². The van der Waals surface area contributed by atoms with Crippen molar-refractivity contribution in [3.8, 4) is 0 Å². The molecule has 1 aliphatic heterocycles. The summed E-state index contributed by atoms with van der Waals surface area (Å²) in [5.74, 6) is -0.324. The van der Waals surface area contributed by atoms with Gasteiger partial charge in [-0.25, -0.2) is 0 Å². The van der Waals surface area contributed by atoms with Gasteiger partial charge in [-0.1, -0.05) is 43.0 Å². The van der Waals surface area contributed by atoms with E-state index in [1.165, 1.54) is 10.6 Å². The van der Waals surface area contributed by atoms with Gasteiger partial charge in [-0.05, 0) is 38.5 Å². The van der Waals surface area contributed by atoms with Crippen LogP contribution in [0, 0.1) is 0 Å². The summed E-state index contributed by atoms with van der Waals surface area (Å²) in [6.07, 6.45) is 0.830. The maximum absolute atomic E-state index is 12.6. The lowest BCUT2D eigenvalue weighted by Crippen LogP contribution is -2.45. The fraction of sp³-hybridized carbons (Fsp3) is 0.304. The minimum absolute atomic E-state index is 0.162. The molecule has 2 aromatic rings. The van der Waals surface area contributed by atoms with Crippen molar-refractivity contribution in [3.05, 3.63) is 72.3 Å². The standard InChI is InChI=1S/C23H27N3O2/c1-4-25(19-11-6-5-7-12-19)16-10-15-24-22(27)18(3)26-17(2)20-13-8-9-14-21(20)23(26)28/h5-9,11-14,18H,2,4,10,15-16H2,1,3H3,(H,24,27). The van der Waals surface area contributed by atoms with Crippen LogP contribution in [-0.2, 0) is 4.79 Å². The van der Waals surface area contributed by atoms with Gasteiger partial charge in [0.1, 0.15) is 6.04 Å². The molecule has 5 nitrogen and oxygen atoms in total.